The van der Waals surface area contributed by atoms with Gasteiger partial charge in [-0.3, -0.25) is 4.79 Å². The van der Waals surface area contributed by atoms with Crippen LogP contribution >= 0.6 is 0 Å². The van der Waals surface area contributed by atoms with E-state index in [0.717, 1.165) is 38.5 Å². The van der Waals surface area contributed by atoms with E-state index in [4.69, 9.17) is 5.73 Å². The van der Waals surface area contributed by atoms with Crippen molar-refractivity contribution in [2.75, 3.05) is 6.54 Å². The smallest absolute Gasteiger partial charge is 0.222 e. The number of amides is 1. The van der Waals surface area contributed by atoms with Gasteiger partial charge in [0, 0.05) is 24.4 Å². The Morgan fingerprint density at radius 2 is 2.00 bits per heavy atom. The van der Waals surface area contributed by atoms with Crippen molar-refractivity contribution in [3.8, 4) is 0 Å². The molecule has 0 heterocycles. The fourth-order valence-corrected chi connectivity index (χ4v) is 2.71. The molecule has 0 spiro atoms. The molecule has 1 saturated carbocycles. The third-order valence-electron chi connectivity index (χ3n) is 4.15. The van der Waals surface area contributed by atoms with E-state index >= 15 is 0 Å². The number of hydrogen-bond donors (Lipinski definition) is 3. The van der Waals surface area contributed by atoms with E-state index in [0.29, 0.717) is 6.54 Å². The molecule has 0 bridgehead atoms. The van der Waals surface area contributed by atoms with Crippen LogP contribution in [-0.4, -0.2) is 29.7 Å². The maximum Gasteiger partial charge on any atom is 0.222 e. The van der Waals surface area contributed by atoms with Crippen molar-refractivity contribution < 1.29 is 9.90 Å². The quantitative estimate of drug-likeness (QED) is 0.660. The highest BCUT2D eigenvalue weighted by Gasteiger charge is 2.24. The van der Waals surface area contributed by atoms with Crippen LogP contribution in [0, 0.1) is 11.8 Å². The predicted molar refractivity (Wildman–Crippen MR) is 77.6 cm³/mol. The first-order valence-corrected chi connectivity index (χ1v) is 7.72. The Balaban J connectivity index is 2.18. The fraction of sp³-hybridized carbons (Fsp3) is 0.933. The van der Waals surface area contributed by atoms with Crippen LogP contribution in [0.15, 0.2) is 0 Å². The number of nitrogens with one attached hydrogen (secondary N) is 1. The van der Waals surface area contributed by atoms with Gasteiger partial charge in [0.1, 0.15) is 0 Å². The fourth-order valence-electron chi connectivity index (χ4n) is 2.71. The molecule has 112 valence electrons. The molecule has 1 rings (SSSR count). The molecular weight excluding hydrogens is 240 g/mol. The Morgan fingerprint density at radius 3 is 2.63 bits per heavy atom. The van der Waals surface area contributed by atoms with Gasteiger partial charge in [0.25, 0.3) is 0 Å². The number of aliphatic hydroxyl groups excluding tert-OH is 1. The van der Waals surface area contributed by atoms with Crippen LogP contribution in [0.2, 0.25) is 0 Å². The third kappa shape index (κ3) is 6.39. The minimum Gasteiger partial charge on any atom is -0.393 e. The first-order valence-electron chi connectivity index (χ1n) is 7.72. The third-order valence-corrected chi connectivity index (χ3v) is 4.15. The van der Waals surface area contributed by atoms with Crippen molar-refractivity contribution >= 4 is 5.91 Å². The van der Waals surface area contributed by atoms with Crippen LogP contribution in [0.3, 0.4) is 0 Å². The number of carbonyl (C=O) groups excluding carboxylic acids is 1. The molecule has 0 radical (unpaired) electrons. The van der Waals surface area contributed by atoms with E-state index in [9.17, 15) is 9.90 Å². The molecule has 1 aliphatic carbocycles. The van der Waals surface area contributed by atoms with Gasteiger partial charge in [0.2, 0.25) is 5.91 Å². The molecule has 1 fully saturated rings. The van der Waals surface area contributed by atoms with Crippen molar-refractivity contribution in [3.63, 3.8) is 0 Å². The van der Waals surface area contributed by atoms with Gasteiger partial charge in [-0.1, -0.05) is 26.2 Å². The monoisotopic (exact) mass is 270 g/mol. The highest BCUT2D eigenvalue weighted by atomic mass is 16.3. The van der Waals surface area contributed by atoms with Crippen molar-refractivity contribution in [3.05, 3.63) is 0 Å². The Kier molecular flexibility index (Phi) is 7.39. The van der Waals surface area contributed by atoms with Gasteiger partial charge in [-0.05, 0) is 32.6 Å². The van der Waals surface area contributed by atoms with E-state index in [-0.39, 0.29) is 29.9 Å². The topological polar surface area (TPSA) is 75.4 Å². The van der Waals surface area contributed by atoms with Crippen LogP contribution in [-0.2, 0) is 4.79 Å². The second-order valence-electron chi connectivity index (χ2n) is 6.17. The van der Waals surface area contributed by atoms with Crippen LogP contribution in [0.25, 0.3) is 0 Å². The summed E-state index contributed by atoms with van der Waals surface area (Å²) in [5.74, 6) is 0.399. The maximum absolute atomic E-state index is 11.9. The van der Waals surface area contributed by atoms with Crippen LogP contribution in [0.4, 0.5) is 0 Å². The number of hydrogen-bond acceptors (Lipinski definition) is 3. The summed E-state index contributed by atoms with van der Waals surface area (Å²) in [7, 11) is 0. The number of aliphatic hydroxyl groups is 1. The standard InChI is InChI=1S/C15H30N2O2/c1-11(6-5-7-12(2)16)15(19)17-10-13-8-3-4-9-14(13)18/h11-14,18H,3-10,16H2,1-2H3,(H,17,19). The molecule has 0 aromatic heterocycles. The number of carbonyl (C=O) groups is 1. The van der Waals surface area contributed by atoms with Crippen molar-refractivity contribution in [1.29, 1.82) is 0 Å². The number of nitrogens with two attached hydrogens (primary N) is 1. The summed E-state index contributed by atoms with van der Waals surface area (Å²) in [4.78, 5) is 11.9. The summed E-state index contributed by atoms with van der Waals surface area (Å²) in [6.45, 7) is 4.58. The molecule has 1 aliphatic rings. The average molecular weight is 270 g/mol. The second-order valence-corrected chi connectivity index (χ2v) is 6.17. The average Bonchev–Trinajstić information content (AvgIpc) is 2.36. The van der Waals surface area contributed by atoms with Gasteiger partial charge in [-0.15, -0.1) is 0 Å². The molecule has 19 heavy (non-hydrogen) atoms. The second kappa shape index (κ2) is 8.54. The van der Waals surface area contributed by atoms with Crippen LogP contribution in [0.1, 0.15) is 58.8 Å². The van der Waals surface area contributed by atoms with E-state index in [1.54, 1.807) is 0 Å². The highest BCUT2D eigenvalue weighted by Crippen LogP contribution is 2.23. The molecule has 4 heteroatoms. The summed E-state index contributed by atoms with van der Waals surface area (Å²) in [6, 6.07) is 0.215. The lowest BCUT2D eigenvalue weighted by molar-refractivity contribution is -0.125. The molecule has 4 unspecified atom stereocenters. The molecule has 1 amide bonds. The largest absolute Gasteiger partial charge is 0.393 e. The number of rotatable bonds is 7. The van der Waals surface area contributed by atoms with Crippen molar-refractivity contribution in [1.82, 2.24) is 5.32 Å². The summed E-state index contributed by atoms with van der Waals surface area (Å²) in [5.41, 5.74) is 5.70. The van der Waals surface area contributed by atoms with E-state index in [2.05, 4.69) is 5.32 Å². The lowest BCUT2D eigenvalue weighted by Crippen LogP contribution is -2.38. The summed E-state index contributed by atoms with van der Waals surface area (Å²) in [6.07, 6.45) is 6.81. The molecular formula is C15H30N2O2. The van der Waals surface area contributed by atoms with Gasteiger partial charge in [-0.2, -0.15) is 0 Å². The molecule has 4 atom stereocenters. The summed E-state index contributed by atoms with van der Waals surface area (Å²) >= 11 is 0. The molecule has 4 nitrogen and oxygen atoms in total. The Hall–Kier alpha value is -0.610. The summed E-state index contributed by atoms with van der Waals surface area (Å²) in [5, 5.41) is 12.8. The lowest BCUT2D eigenvalue weighted by atomic mass is 9.86. The van der Waals surface area contributed by atoms with Crippen molar-refractivity contribution in [2.45, 2.75) is 70.9 Å². The van der Waals surface area contributed by atoms with Gasteiger partial charge < -0.3 is 16.2 Å². The lowest BCUT2D eigenvalue weighted by Gasteiger charge is -2.28. The minimum absolute atomic E-state index is 0.0412. The van der Waals surface area contributed by atoms with E-state index < -0.39 is 0 Å². The predicted octanol–water partition coefficient (Wildman–Crippen LogP) is 1.81. The van der Waals surface area contributed by atoms with Crippen molar-refractivity contribution in [2.24, 2.45) is 17.6 Å². The summed E-state index contributed by atoms with van der Waals surface area (Å²) < 4.78 is 0. The molecule has 0 saturated heterocycles. The normalized spacial score (nSPS) is 26.7. The first kappa shape index (κ1) is 16.4. The van der Waals surface area contributed by atoms with E-state index in [1.807, 2.05) is 13.8 Å². The molecule has 0 aromatic carbocycles. The van der Waals surface area contributed by atoms with Gasteiger partial charge in [0.05, 0.1) is 6.10 Å². The highest BCUT2D eigenvalue weighted by molar-refractivity contribution is 5.78. The van der Waals surface area contributed by atoms with Gasteiger partial charge in [-0.25, -0.2) is 0 Å². The minimum atomic E-state index is -0.234. The Morgan fingerprint density at radius 1 is 1.32 bits per heavy atom. The first-order chi connectivity index (χ1) is 9.00. The van der Waals surface area contributed by atoms with Gasteiger partial charge in [0.15, 0.2) is 0 Å². The Labute approximate surface area is 117 Å². The maximum atomic E-state index is 11.9. The SMILES string of the molecule is CC(N)CCCC(C)C(=O)NCC1CCCCC1O. The zero-order valence-corrected chi connectivity index (χ0v) is 12.4. The molecule has 0 aromatic rings. The zero-order valence-electron chi connectivity index (χ0n) is 12.4. The molecule has 0 aliphatic heterocycles. The van der Waals surface area contributed by atoms with Crippen LogP contribution < -0.4 is 11.1 Å². The van der Waals surface area contributed by atoms with E-state index in [1.165, 1.54) is 6.42 Å². The van der Waals surface area contributed by atoms with Gasteiger partial charge >= 0.3 is 0 Å². The Bertz CT molecular complexity index is 269. The van der Waals surface area contributed by atoms with Crippen LogP contribution in [0.5, 0.6) is 0 Å². The molecule has 4 N–H and O–H groups in total. The zero-order chi connectivity index (χ0) is 14.3.